The molecule has 284 valence electrons. The molecule has 0 radical (unpaired) electrons. The third kappa shape index (κ3) is 8.92. The molecule has 0 saturated carbocycles. The first-order valence-electron chi connectivity index (χ1n) is 18.1. The molecular formula is C38H43Cl3F2N6O4. The number of halogens is 5. The average Bonchev–Trinajstić information content (AvgIpc) is 3.63. The van der Waals surface area contributed by atoms with E-state index < -0.39 is 11.1 Å². The van der Waals surface area contributed by atoms with Crippen LogP contribution in [0.4, 0.5) is 18.4 Å². The van der Waals surface area contributed by atoms with E-state index in [9.17, 15) is 28.0 Å². The van der Waals surface area contributed by atoms with Gasteiger partial charge in [0.2, 0.25) is 5.24 Å². The molecule has 8 rings (SSSR count). The summed E-state index contributed by atoms with van der Waals surface area (Å²) in [5, 5.41) is 0.992. The maximum Gasteiger partial charge on any atom is 0.320 e. The van der Waals surface area contributed by atoms with Crippen LogP contribution in [0.1, 0.15) is 60.0 Å². The van der Waals surface area contributed by atoms with Crippen LogP contribution in [0.5, 0.6) is 0 Å². The van der Waals surface area contributed by atoms with Crippen molar-refractivity contribution in [3.8, 4) is 0 Å². The first-order chi connectivity index (χ1) is 25.6. The smallest absolute Gasteiger partial charge is 0.320 e. The topological polar surface area (TPSA) is 91.1 Å². The molecule has 0 aliphatic carbocycles. The van der Waals surface area contributed by atoms with Crippen LogP contribution >= 0.6 is 34.8 Å². The van der Waals surface area contributed by atoms with Crippen LogP contribution in [-0.4, -0.2) is 103 Å². The van der Waals surface area contributed by atoms with E-state index in [4.69, 9.17) is 34.8 Å². The summed E-state index contributed by atoms with van der Waals surface area (Å²) in [5.74, 6) is -1.08. The maximum absolute atomic E-state index is 14.2. The quantitative estimate of drug-likeness (QED) is 0.120. The summed E-state index contributed by atoms with van der Waals surface area (Å²) < 4.78 is 32.1. The number of ketones is 1. The van der Waals surface area contributed by atoms with Crippen molar-refractivity contribution >= 4 is 79.7 Å². The Bertz CT molecular complexity index is 1990. The number of Topliss-reactive ketones (excluding diaryl/α,β-unsaturated/α-hetero) is 1. The third-order valence-electron chi connectivity index (χ3n) is 10.2. The Morgan fingerprint density at radius 1 is 0.604 bits per heavy atom. The predicted molar refractivity (Wildman–Crippen MR) is 203 cm³/mol. The van der Waals surface area contributed by atoms with Crippen molar-refractivity contribution in [1.82, 2.24) is 28.7 Å². The van der Waals surface area contributed by atoms with Crippen molar-refractivity contribution in [2.45, 2.75) is 64.7 Å². The van der Waals surface area contributed by atoms with E-state index in [0.29, 0.717) is 43.7 Å². The second-order valence-electron chi connectivity index (χ2n) is 13.8. The Balaban J connectivity index is 0.000000163. The highest BCUT2D eigenvalue weighted by atomic mass is 35.5. The lowest BCUT2D eigenvalue weighted by atomic mass is 10.1. The summed E-state index contributed by atoms with van der Waals surface area (Å²) in [4.78, 5) is 54.7. The van der Waals surface area contributed by atoms with E-state index >= 15 is 0 Å². The van der Waals surface area contributed by atoms with Crippen molar-refractivity contribution in [3.05, 3.63) is 71.1 Å². The number of benzene rings is 2. The lowest BCUT2D eigenvalue weighted by molar-refractivity contribution is -0.109. The number of rotatable bonds is 3. The van der Waals surface area contributed by atoms with Gasteiger partial charge in [0.15, 0.2) is 5.78 Å². The second kappa shape index (κ2) is 17.5. The van der Waals surface area contributed by atoms with Gasteiger partial charge in [-0.05, 0) is 91.6 Å². The normalized spacial score (nSPS) is 17.0. The van der Waals surface area contributed by atoms with Gasteiger partial charge in [0.1, 0.15) is 11.6 Å². The van der Waals surface area contributed by atoms with E-state index in [1.165, 1.54) is 18.6 Å². The van der Waals surface area contributed by atoms with E-state index in [-0.39, 0.29) is 35.4 Å². The summed E-state index contributed by atoms with van der Waals surface area (Å²) in [6.45, 7) is 6.66. The molecule has 0 unspecified atom stereocenters. The molecule has 15 heteroatoms. The zero-order chi connectivity index (χ0) is 37.6. The molecule has 0 atom stereocenters. The van der Waals surface area contributed by atoms with Gasteiger partial charge in [0.05, 0.1) is 22.8 Å². The lowest BCUT2D eigenvalue weighted by Crippen LogP contribution is -2.45. The van der Waals surface area contributed by atoms with E-state index in [1.54, 1.807) is 23.2 Å². The molecule has 0 bridgehead atoms. The molecule has 4 aliphatic heterocycles. The van der Waals surface area contributed by atoms with Gasteiger partial charge in [-0.15, -0.1) is 23.2 Å². The van der Waals surface area contributed by atoms with Crippen LogP contribution in [0.25, 0.3) is 21.8 Å². The van der Waals surface area contributed by atoms with Gasteiger partial charge in [0, 0.05) is 94.2 Å². The Hall–Kier alpha value is -3.87. The third-order valence-corrected chi connectivity index (χ3v) is 10.9. The summed E-state index contributed by atoms with van der Waals surface area (Å²) in [5.41, 5.74) is 3.98. The van der Waals surface area contributed by atoms with Gasteiger partial charge in [0.25, 0.3) is 0 Å². The number of hydrogen-bond acceptors (Lipinski definition) is 4. The zero-order valence-corrected chi connectivity index (χ0v) is 31.7. The summed E-state index contributed by atoms with van der Waals surface area (Å²) in [7, 11) is 0. The number of likely N-dealkylation sites (tertiary alicyclic amines) is 2. The highest BCUT2D eigenvalue weighted by Crippen LogP contribution is 2.31. The Morgan fingerprint density at radius 2 is 1.11 bits per heavy atom. The fourth-order valence-electron chi connectivity index (χ4n) is 7.71. The van der Waals surface area contributed by atoms with Crippen molar-refractivity contribution in [2.75, 3.05) is 51.0 Å². The van der Waals surface area contributed by atoms with Gasteiger partial charge >= 0.3 is 12.1 Å². The molecular weight excluding hydrogens is 749 g/mol. The van der Waals surface area contributed by atoms with Crippen LogP contribution in [0.3, 0.4) is 0 Å². The SMILES string of the molecule is O=C(CCl)c1cn2c3c(cc(F)cc13)CN(C(=O)N1CCCCC1)CC2.O=C(Cl)CCl.O=C(N1CCCCC1)N1CCn2ccc3cc(F)cc(c32)C1. The molecule has 0 N–H and O–H groups in total. The van der Waals surface area contributed by atoms with Gasteiger partial charge in [-0.1, -0.05) is 0 Å². The number of piperidine rings is 2. The summed E-state index contributed by atoms with van der Waals surface area (Å²) in [6, 6.07) is 8.06. The molecule has 2 aromatic carbocycles. The highest BCUT2D eigenvalue weighted by Gasteiger charge is 2.28. The zero-order valence-electron chi connectivity index (χ0n) is 29.5. The predicted octanol–water partition coefficient (Wildman–Crippen LogP) is 7.82. The van der Waals surface area contributed by atoms with Crippen LogP contribution in [0.15, 0.2) is 42.7 Å². The minimum atomic E-state index is -0.508. The first-order valence-corrected chi connectivity index (χ1v) is 19.5. The minimum Gasteiger partial charge on any atom is -0.345 e. The van der Waals surface area contributed by atoms with Crippen molar-refractivity contribution < 1.29 is 28.0 Å². The van der Waals surface area contributed by atoms with Gasteiger partial charge < -0.3 is 28.7 Å². The summed E-state index contributed by atoms with van der Waals surface area (Å²) >= 11 is 15.3. The Kier molecular flexibility index (Phi) is 12.8. The number of carbonyl (C=O) groups excluding carboxylic acids is 4. The molecule has 4 aliphatic rings. The van der Waals surface area contributed by atoms with Crippen LogP contribution in [-0.2, 0) is 31.0 Å². The number of alkyl halides is 2. The molecule has 2 aromatic heterocycles. The van der Waals surface area contributed by atoms with Crippen molar-refractivity contribution in [3.63, 3.8) is 0 Å². The molecule has 53 heavy (non-hydrogen) atoms. The van der Waals surface area contributed by atoms with Gasteiger partial charge in [-0.25, -0.2) is 18.4 Å². The Labute approximate surface area is 322 Å². The molecule has 2 saturated heterocycles. The molecule has 0 spiro atoms. The molecule has 4 amide bonds. The fourth-order valence-corrected chi connectivity index (χ4v) is 7.86. The van der Waals surface area contributed by atoms with Crippen LogP contribution in [0, 0.1) is 11.6 Å². The number of aromatic nitrogens is 2. The number of amides is 4. The van der Waals surface area contributed by atoms with Gasteiger partial charge in [-0.2, -0.15) is 0 Å². The number of carbonyl (C=O) groups is 4. The number of nitrogens with zero attached hydrogens (tertiary/aromatic N) is 6. The lowest BCUT2D eigenvalue weighted by Gasteiger charge is -2.32. The van der Waals surface area contributed by atoms with E-state index in [0.717, 1.165) is 92.4 Å². The number of urea groups is 2. The van der Waals surface area contributed by atoms with E-state index in [2.05, 4.69) is 4.57 Å². The molecule has 6 heterocycles. The average molecular weight is 792 g/mol. The largest absolute Gasteiger partial charge is 0.345 e. The first kappa shape index (κ1) is 38.8. The Morgan fingerprint density at radius 3 is 1.64 bits per heavy atom. The number of hydrogen-bond donors (Lipinski definition) is 0. The monoisotopic (exact) mass is 790 g/mol. The van der Waals surface area contributed by atoms with Gasteiger partial charge in [-0.3, -0.25) is 9.59 Å². The van der Waals surface area contributed by atoms with Crippen molar-refractivity contribution in [2.24, 2.45) is 0 Å². The minimum absolute atomic E-state index is 0.0184. The van der Waals surface area contributed by atoms with Crippen LogP contribution in [0.2, 0.25) is 0 Å². The summed E-state index contributed by atoms with van der Waals surface area (Å²) in [6.07, 6.45) is 10.3. The molecule has 10 nitrogen and oxygen atoms in total. The fraction of sp³-hybridized carbons (Fsp3) is 0.474. The van der Waals surface area contributed by atoms with E-state index in [1.807, 2.05) is 31.5 Å². The van der Waals surface area contributed by atoms with Crippen molar-refractivity contribution in [1.29, 1.82) is 0 Å². The molecule has 2 fully saturated rings. The standard InChI is InChI=1S/C19H21ClFN3O2.C17H20FN3O.C2H2Cl2O/c20-10-17(25)16-12-23-6-7-24(19(26)22-4-2-1-3-5-22)11-13-8-14(21)9-15(16)18(13)23;18-15-10-13-4-7-19-8-9-21(12-14(11-15)16(13)19)17(22)20-5-2-1-3-6-20;3-1-2(4)5/h8-9,12H,1-7,10-11H2;4,7,10-11H,1-3,5-6,8-9,12H2;1H2. The highest BCUT2D eigenvalue weighted by molar-refractivity contribution is 6.67. The maximum atomic E-state index is 14.2. The van der Waals surface area contributed by atoms with Crippen LogP contribution < -0.4 is 0 Å². The molecule has 4 aromatic rings. The second-order valence-corrected chi connectivity index (χ2v) is 14.7.